The van der Waals surface area contributed by atoms with Crippen LogP contribution in [0.25, 0.3) is 6.08 Å². The zero-order valence-electron chi connectivity index (χ0n) is 16.7. The number of benzene rings is 2. The highest BCUT2D eigenvalue weighted by Gasteiger charge is 2.17. The number of hydrogen-bond donors (Lipinski definition) is 1. The van der Waals surface area contributed by atoms with Gasteiger partial charge in [-0.3, -0.25) is 4.90 Å². The first-order valence-electron chi connectivity index (χ1n) is 9.90. The number of nitrogens with one attached hydrogen (secondary N) is 1. The first-order chi connectivity index (χ1) is 13.9. The maximum absolute atomic E-state index is 12.4. The van der Waals surface area contributed by atoms with E-state index in [0.29, 0.717) is 5.02 Å². The van der Waals surface area contributed by atoms with Crippen molar-refractivity contribution in [1.82, 2.24) is 14.5 Å². The average molecular weight is 434 g/mol. The fourth-order valence-electron chi connectivity index (χ4n) is 3.36. The Bertz CT molecular complexity index is 921. The number of nitrogens with zero attached hydrogens (tertiary/aromatic N) is 2. The molecule has 0 bridgehead atoms. The van der Waals surface area contributed by atoms with Crippen LogP contribution in [0.1, 0.15) is 23.6 Å². The number of likely N-dealkylation sites (N-methyl/N-ethyl adjacent to an activating group) is 1. The normalized spacial score (nSPS) is 16.5. The van der Waals surface area contributed by atoms with Gasteiger partial charge in [0.2, 0.25) is 10.0 Å². The van der Waals surface area contributed by atoms with Gasteiger partial charge in [0.05, 0.1) is 0 Å². The zero-order valence-corrected chi connectivity index (χ0v) is 18.3. The van der Waals surface area contributed by atoms with E-state index < -0.39 is 10.0 Å². The summed E-state index contributed by atoms with van der Waals surface area (Å²) < 4.78 is 27.4. The van der Waals surface area contributed by atoms with E-state index in [4.69, 9.17) is 11.6 Å². The predicted octanol–water partition coefficient (Wildman–Crippen LogP) is 3.57. The summed E-state index contributed by atoms with van der Waals surface area (Å²) in [4.78, 5) is 4.88. The molecule has 0 amide bonds. The Balaban J connectivity index is 1.59. The highest BCUT2D eigenvalue weighted by molar-refractivity contribution is 7.92. The summed E-state index contributed by atoms with van der Waals surface area (Å²) in [5.74, 6) is 0. The minimum Gasteiger partial charge on any atom is -0.301 e. The molecule has 1 aliphatic rings. The second-order valence-corrected chi connectivity index (χ2v) is 9.29. The first-order valence-corrected chi connectivity index (χ1v) is 11.8. The highest BCUT2D eigenvalue weighted by Crippen LogP contribution is 2.15. The minimum atomic E-state index is -3.53. The lowest BCUT2D eigenvalue weighted by molar-refractivity contribution is 0.131. The molecule has 0 radical (unpaired) electrons. The van der Waals surface area contributed by atoms with Crippen LogP contribution in [0.15, 0.2) is 53.9 Å². The largest absolute Gasteiger partial charge is 0.301 e. The molecule has 2 aromatic carbocycles. The molecule has 1 N–H and O–H groups in total. The molecule has 0 aliphatic carbocycles. The van der Waals surface area contributed by atoms with Gasteiger partial charge < -0.3 is 4.90 Å². The van der Waals surface area contributed by atoms with Crippen molar-refractivity contribution in [2.45, 2.75) is 20.0 Å². The van der Waals surface area contributed by atoms with E-state index in [1.807, 2.05) is 18.2 Å². The topological polar surface area (TPSA) is 52.6 Å². The maximum Gasteiger partial charge on any atom is 0.234 e. The van der Waals surface area contributed by atoms with E-state index >= 15 is 0 Å². The lowest BCUT2D eigenvalue weighted by Crippen LogP contribution is -2.45. The fourth-order valence-corrected chi connectivity index (χ4v) is 4.27. The van der Waals surface area contributed by atoms with Crippen molar-refractivity contribution in [2.24, 2.45) is 0 Å². The Morgan fingerprint density at radius 3 is 2.24 bits per heavy atom. The molecule has 1 aliphatic heterocycles. The van der Waals surface area contributed by atoms with Crippen molar-refractivity contribution in [2.75, 3.05) is 32.7 Å². The van der Waals surface area contributed by atoms with Crippen molar-refractivity contribution in [3.63, 3.8) is 0 Å². The Morgan fingerprint density at radius 2 is 1.59 bits per heavy atom. The van der Waals surface area contributed by atoms with E-state index in [1.165, 1.54) is 11.0 Å². The number of hydrogen-bond acceptors (Lipinski definition) is 4. The zero-order chi connectivity index (χ0) is 20.7. The maximum atomic E-state index is 12.4. The molecule has 0 unspecified atom stereocenters. The third kappa shape index (κ3) is 6.94. The molecular formula is C22H28ClN3O2S. The van der Waals surface area contributed by atoms with Crippen molar-refractivity contribution in [1.29, 1.82) is 0 Å². The summed E-state index contributed by atoms with van der Waals surface area (Å²) in [6, 6.07) is 15.1. The van der Waals surface area contributed by atoms with Gasteiger partial charge in [-0.1, -0.05) is 54.9 Å². The van der Waals surface area contributed by atoms with Crippen LogP contribution >= 0.6 is 11.6 Å². The summed E-state index contributed by atoms with van der Waals surface area (Å²) in [7, 11) is -3.53. The second kappa shape index (κ2) is 10.4. The van der Waals surface area contributed by atoms with Crippen molar-refractivity contribution < 1.29 is 8.42 Å². The van der Waals surface area contributed by atoms with E-state index in [9.17, 15) is 8.42 Å². The van der Waals surface area contributed by atoms with Gasteiger partial charge in [0.25, 0.3) is 0 Å². The van der Waals surface area contributed by atoms with Gasteiger partial charge in [0.1, 0.15) is 0 Å². The first kappa shape index (κ1) is 22.0. The van der Waals surface area contributed by atoms with Crippen LogP contribution < -0.4 is 4.72 Å². The molecule has 29 heavy (non-hydrogen) atoms. The monoisotopic (exact) mass is 433 g/mol. The molecule has 3 rings (SSSR count). The standard InChI is InChI=1S/C22H28ClN3O2S/c1-2-25-12-14-26(15-13-25)18-21-6-4-3-5-20(21)17-24-29(27,28)16-11-19-7-9-22(23)10-8-19/h3-11,16,24H,2,12-15,17-18H2,1H3. The van der Waals surface area contributed by atoms with Crippen LogP contribution in [0.3, 0.4) is 0 Å². The van der Waals surface area contributed by atoms with Crippen LogP contribution in [-0.2, 0) is 23.1 Å². The molecule has 1 heterocycles. The van der Waals surface area contributed by atoms with Gasteiger partial charge in [0.15, 0.2) is 0 Å². The predicted molar refractivity (Wildman–Crippen MR) is 120 cm³/mol. The van der Waals surface area contributed by atoms with Crippen molar-refractivity contribution in [3.05, 3.63) is 75.7 Å². The van der Waals surface area contributed by atoms with Crippen LogP contribution in [-0.4, -0.2) is 50.9 Å². The molecule has 5 nitrogen and oxygen atoms in total. The number of halogens is 1. The average Bonchev–Trinajstić information content (AvgIpc) is 2.73. The van der Waals surface area contributed by atoms with Crippen LogP contribution in [0.2, 0.25) is 5.02 Å². The molecule has 0 aromatic heterocycles. The number of rotatable bonds is 8. The number of sulfonamides is 1. The lowest BCUT2D eigenvalue weighted by atomic mass is 10.1. The van der Waals surface area contributed by atoms with E-state index in [2.05, 4.69) is 27.5 Å². The molecule has 0 saturated carbocycles. The molecule has 2 aromatic rings. The van der Waals surface area contributed by atoms with Crippen LogP contribution in [0, 0.1) is 0 Å². The Hall–Kier alpha value is -1.70. The van der Waals surface area contributed by atoms with Gasteiger partial charge in [-0.2, -0.15) is 0 Å². The summed E-state index contributed by atoms with van der Waals surface area (Å²) >= 11 is 5.86. The molecule has 156 valence electrons. The smallest absolute Gasteiger partial charge is 0.234 e. The van der Waals surface area contributed by atoms with Crippen LogP contribution in [0.4, 0.5) is 0 Å². The molecule has 0 atom stereocenters. The van der Waals surface area contributed by atoms with Gasteiger partial charge >= 0.3 is 0 Å². The Labute approximate surface area is 179 Å². The SMILES string of the molecule is CCN1CCN(Cc2ccccc2CNS(=O)(=O)C=Cc2ccc(Cl)cc2)CC1. The molecular weight excluding hydrogens is 406 g/mol. The van der Waals surface area contributed by atoms with Gasteiger partial charge in [-0.25, -0.2) is 13.1 Å². The summed E-state index contributed by atoms with van der Waals surface area (Å²) in [5.41, 5.74) is 2.96. The van der Waals surface area contributed by atoms with Gasteiger partial charge in [-0.05, 0) is 41.4 Å². The van der Waals surface area contributed by atoms with E-state index in [0.717, 1.165) is 50.4 Å². The third-order valence-electron chi connectivity index (χ3n) is 5.20. The summed E-state index contributed by atoms with van der Waals surface area (Å²) in [6.45, 7) is 8.65. The lowest BCUT2D eigenvalue weighted by Gasteiger charge is -2.34. The minimum absolute atomic E-state index is 0.276. The molecule has 1 fully saturated rings. The second-order valence-electron chi connectivity index (χ2n) is 7.20. The van der Waals surface area contributed by atoms with Crippen LogP contribution in [0.5, 0.6) is 0 Å². The molecule has 0 spiro atoms. The van der Waals surface area contributed by atoms with E-state index in [-0.39, 0.29) is 6.54 Å². The quantitative estimate of drug-likeness (QED) is 0.691. The van der Waals surface area contributed by atoms with E-state index in [1.54, 1.807) is 30.3 Å². The Kier molecular flexibility index (Phi) is 7.86. The highest BCUT2D eigenvalue weighted by atomic mass is 35.5. The van der Waals surface area contributed by atoms with Gasteiger partial charge in [-0.15, -0.1) is 0 Å². The van der Waals surface area contributed by atoms with Gasteiger partial charge in [0, 0.05) is 49.7 Å². The molecule has 7 heteroatoms. The fraction of sp³-hybridized carbons (Fsp3) is 0.364. The summed E-state index contributed by atoms with van der Waals surface area (Å²) in [5, 5.41) is 1.82. The van der Waals surface area contributed by atoms with Crippen molar-refractivity contribution in [3.8, 4) is 0 Å². The van der Waals surface area contributed by atoms with Crippen molar-refractivity contribution >= 4 is 27.7 Å². The third-order valence-corrected chi connectivity index (χ3v) is 6.49. The Morgan fingerprint density at radius 1 is 0.966 bits per heavy atom. The molecule has 1 saturated heterocycles. The number of piperazine rings is 1. The summed E-state index contributed by atoms with van der Waals surface area (Å²) in [6.07, 6.45) is 1.57.